The van der Waals surface area contributed by atoms with Crippen LogP contribution in [0.4, 0.5) is 5.00 Å². The lowest BCUT2D eigenvalue weighted by Crippen LogP contribution is -2.35. The van der Waals surface area contributed by atoms with E-state index in [1.165, 1.54) is 21.0 Å². The van der Waals surface area contributed by atoms with Crippen LogP contribution in [0.1, 0.15) is 16.0 Å². The molecule has 4 nitrogen and oxygen atoms in total. The summed E-state index contributed by atoms with van der Waals surface area (Å²) < 4.78 is 0. The molecule has 3 aliphatic rings. The number of hydrogen-bond donors (Lipinski definition) is 0. The van der Waals surface area contributed by atoms with Crippen LogP contribution >= 0.6 is 23.1 Å². The van der Waals surface area contributed by atoms with Gasteiger partial charge in [0.25, 0.3) is 5.96 Å². The molecule has 0 aromatic carbocycles. The second-order valence-corrected chi connectivity index (χ2v) is 5.82. The van der Waals surface area contributed by atoms with Gasteiger partial charge in [0.2, 0.25) is 0 Å². The van der Waals surface area contributed by atoms with E-state index in [9.17, 15) is 0 Å². The van der Waals surface area contributed by atoms with Crippen molar-refractivity contribution in [1.29, 1.82) is 0 Å². The highest BCUT2D eigenvalue weighted by Crippen LogP contribution is 2.42. The minimum atomic E-state index is 0.704. The largest absolute Gasteiger partial charge is 0.294 e. The van der Waals surface area contributed by atoms with E-state index in [1.54, 1.807) is 0 Å². The van der Waals surface area contributed by atoms with Gasteiger partial charge in [-0.3, -0.25) is 4.90 Å². The van der Waals surface area contributed by atoms with Gasteiger partial charge in [-0.2, -0.15) is 5.10 Å². The average molecular weight is 260 g/mol. The zero-order chi connectivity index (χ0) is 11.2. The van der Waals surface area contributed by atoms with Gasteiger partial charge in [0, 0.05) is 34.2 Å². The predicted octanol–water partition coefficient (Wildman–Crippen LogP) is 2.56. The summed E-state index contributed by atoms with van der Waals surface area (Å²) in [4.78, 5) is 7.93. The Morgan fingerprint density at radius 2 is 2.29 bits per heavy atom. The summed E-state index contributed by atoms with van der Waals surface area (Å²) in [6.45, 7) is 0.763. The number of thioether (sulfide) groups is 1. The highest BCUT2D eigenvalue weighted by molar-refractivity contribution is 8.01. The molecular weight excluding hydrogens is 252 g/mol. The minimum absolute atomic E-state index is 0.704. The fourth-order valence-electron chi connectivity index (χ4n) is 2.09. The average Bonchev–Trinajstić information content (AvgIpc) is 2.78. The van der Waals surface area contributed by atoms with Gasteiger partial charge in [0.05, 0.1) is 6.54 Å². The summed E-state index contributed by atoms with van der Waals surface area (Å²) in [7, 11) is 0. The van der Waals surface area contributed by atoms with Crippen molar-refractivity contribution in [3.8, 4) is 0 Å². The molecule has 84 valence electrons. The van der Waals surface area contributed by atoms with Crippen LogP contribution in [0.2, 0.25) is 0 Å². The van der Waals surface area contributed by atoms with E-state index >= 15 is 0 Å². The molecule has 0 N–H and O–H groups in total. The molecule has 0 saturated carbocycles. The molecular formula is C11H8N4S2. The topological polar surface area (TPSA) is 40.3 Å². The summed E-state index contributed by atoms with van der Waals surface area (Å²) >= 11 is 3.68. The Labute approximate surface area is 106 Å². The van der Waals surface area contributed by atoms with Gasteiger partial charge in [-0.15, -0.1) is 28.2 Å². The van der Waals surface area contributed by atoms with Gasteiger partial charge in [-0.1, -0.05) is 0 Å². The van der Waals surface area contributed by atoms with Crippen molar-refractivity contribution >= 4 is 52.6 Å². The molecule has 0 atom stereocenters. The van der Waals surface area contributed by atoms with Crippen molar-refractivity contribution < 1.29 is 0 Å². The van der Waals surface area contributed by atoms with Gasteiger partial charge < -0.3 is 0 Å². The number of aliphatic imine (C=N–C) groups is 1. The van der Waals surface area contributed by atoms with Crippen LogP contribution < -0.4 is 4.90 Å². The van der Waals surface area contributed by atoms with Crippen LogP contribution in [0, 0.1) is 0 Å². The SMILES string of the molecule is C1=Cc2c(sc3c2C=NC2=NN=CCN23)CS1. The fourth-order valence-corrected chi connectivity index (χ4v) is 4.22. The predicted molar refractivity (Wildman–Crippen MR) is 75.5 cm³/mol. The molecule has 6 heteroatoms. The molecule has 1 aromatic rings. The minimum Gasteiger partial charge on any atom is -0.294 e. The van der Waals surface area contributed by atoms with E-state index in [1.807, 2.05) is 35.5 Å². The van der Waals surface area contributed by atoms with E-state index in [0.29, 0.717) is 5.96 Å². The highest BCUT2D eigenvalue weighted by atomic mass is 32.2. The first-order chi connectivity index (χ1) is 8.43. The summed E-state index contributed by atoms with van der Waals surface area (Å²) in [5.41, 5.74) is 2.56. The Hall–Kier alpha value is -1.40. The van der Waals surface area contributed by atoms with Crippen molar-refractivity contribution in [3.63, 3.8) is 0 Å². The Kier molecular flexibility index (Phi) is 2.00. The molecule has 4 rings (SSSR count). The van der Waals surface area contributed by atoms with E-state index in [4.69, 9.17) is 0 Å². The number of guanidine groups is 1. The van der Waals surface area contributed by atoms with Crippen LogP contribution in [0.15, 0.2) is 20.6 Å². The number of rotatable bonds is 0. The van der Waals surface area contributed by atoms with Crippen molar-refractivity contribution in [2.75, 3.05) is 11.4 Å². The van der Waals surface area contributed by atoms with Crippen LogP contribution in [-0.4, -0.2) is 24.9 Å². The molecule has 0 radical (unpaired) electrons. The standard InChI is InChI=1S/C11H8N4S2/c1-4-16-6-9-7(1)8-5-12-11-14-13-2-3-15(11)10(8)17-9/h1-2,4-5H,3,6H2. The summed E-state index contributed by atoms with van der Waals surface area (Å²) in [6.07, 6.45) is 5.92. The Bertz CT molecular complexity index is 609. The molecule has 0 unspecified atom stereocenters. The Morgan fingerprint density at radius 3 is 3.29 bits per heavy atom. The van der Waals surface area contributed by atoms with Crippen LogP contribution in [0.5, 0.6) is 0 Å². The van der Waals surface area contributed by atoms with E-state index in [2.05, 4.69) is 31.6 Å². The van der Waals surface area contributed by atoms with Crippen LogP contribution in [0.3, 0.4) is 0 Å². The van der Waals surface area contributed by atoms with Crippen molar-refractivity contribution in [1.82, 2.24) is 0 Å². The second kappa shape index (κ2) is 3.54. The molecule has 1 aromatic heterocycles. The number of anilines is 1. The fraction of sp³-hybridized carbons (Fsp3) is 0.182. The molecule has 0 saturated heterocycles. The third kappa shape index (κ3) is 1.34. The second-order valence-electron chi connectivity index (χ2n) is 3.84. The number of hydrogen-bond acceptors (Lipinski definition) is 6. The quantitative estimate of drug-likeness (QED) is 0.719. The third-order valence-corrected chi connectivity index (χ3v) is 5.09. The smallest absolute Gasteiger partial charge is 0.250 e. The number of fused-ring (bicyclic) bond motifs is 5. The highest BCUT2D eigenvalue weighted by Gasteiger charge is 2.27. The third-order valence-electron chi connectivity index (χ3n) is 2.87. The Morgan fingerprint density at radius 1 is 1.29 bits per heavy atom. The maximum Gasteiger partial charge on any atom is 0.250 e. The zero-order valence-corrected chi connectivity index (χ0v) is 10.5. The van der Waals surface area contributed by atoms with E-state index in [0.717, 1.165) is 12.3 Å². The first-order valence-corrected chi connectivity index (χ1v) is 7.15. The molecule has 17 heavy (non-hydrogen) atoms. The number of thiophene rings is 1. The van der Waals surface area contributed by atoms with Crippen molar-refractivity contribution in [3.05, 3.63) is 21.4 Å². The first kappa shape index (κ1) is 9.61. The lowest BCUT2D eigenvalue weighted by molar-refractivity contribution is 1.07. The van der Waals surface area contributed by atoms with E-state index in [-0.39, 0.29) is 0 Å². The van der Waals surface area contributed by atoms with Gasteiger partial charge in [0.1, 0.15) is 5.00 Å². The van der Waals surface area contributed by atoms with Gasteiger partial charge >= 0.3 is 0 Å². The van der Waals surface area contributed by atoms with Gasteiger partial charge in [-0.05, 0) is 11.5 Å². The zero-order valence-electron chi connectivity index (χ0n) is 8.83. The van der Waals surface area contributed by atoms with Crippen molar-refractivity contribution in [2.45, 2.75) is 5.75 Å². The lowest BCUT2D eigenvalue weighted by Gasteiger charge is -2.25. The van der Waals surface area contributed by atoms with Gasteiger partial charge in [-0.25, -0.2) is 4.99 Å². The summed E-state index contributed by atoms with van der Waals surface area (Å²) in [6, 6.07) is 0. The maximum atomic E-state index is 4.38. The molecule has 0 amide bonds. The lowest BCUT2D eigenvalue weighted by atomic mass is 10.1. The summed E-state index contributed by atoms with van der Waals surface area (Å²) in [5, 5.41) is 11.4. The van der Waals surface area contributed by atoms with Gasteiger partial charge in [0.15, 0.2) is 0 Å². The Balaban J connectivity index is 1.92. The number of nitrogens with zero attached hydrogens (tertiary/aromatic N) is 4. The van der Waals surface area contributed by atoms with E-state index < -0.39 is 0 Å². The molecule has 0 bridgehead atoms. The molecule has 0 aliphatic carbocycles. The molecule has 3 aliphatic heterocycles. The van der Waals surface area contributed by atoms with Crippen molar-refractivity contribution in [2.24, 2.45) is 15.2 Å². The maximum absolute atomic E-state index is 4.38. The molecule has 0 spiro atoms. The normalized spacial score (nSPS) is 19.8. The molecule has 4 heterocycles. The summed E-state index contributed by atoms with van der Waals surface area (Å²) in [5.74, 6) is 1.77. The molecule has 0 fully saturated rings. The monoisotopic (exact) mass is 260 g/mol. The van der Waals surface area contributed by atoms with Crippen LogP contribution in [0.25, 0.3) is 6.08 Å². The van der Waals surface area contributed by atoms with Crippen LogP contribution in [-0.2, 0) is 5.75 Å². The first-order valence-electron chi connectivity index (χ1n) is 5.28.